The maximum atomic E-state index is 12.5. The summed E-state index contributed by atoms with van der Waals surface area (Å²) in [6.45, 7) is 7.83. The third kappa shape index (κ3) is 4.83. The van der Waals surface area contributed by atoms with Crippen molar-refractivity contribution in [3.63, 3.8) is 0 Å². The van der Waals surface area contributed by atoms with Gasteiger partial charge in [0.2, 0.25) is 5.91 Å². The number of Topliss-reactive ketones (excluding diaryl/α,β-unsaturated/α-hetero) is 1. The molecule has 138 valence electrons. The molecule has 0 saturated carbocycles. The third-order valence-corrected chi connectivity index (χ3v) is 5.63. The molecule has 0 spiro atoms. The standard InChI is InChI=1S/C20H28N2O2.ClH/c1-14-3-4-15(2)18(11-14)19(23)5-6-20(24)22-9-7-16-12-21-13-17(16)8-10-22;/h3-4,11,16-17,21H,5-10,12-13H2,1-2H3;1H/t16-,17+;. The smallest absolute Gasteiger partial charge is 0.223 e. The summed E-state index contributed by atoms with van der Waals surface area (Å²) in [6.07, 6.45) is 2.83. The van der Waals surface area contributed by atoms with Gasteiger partial charge in [-0.1, -0.05) is 17.7 Å². The molecule has 2 saturated heterocycles. The van der Waals surface area contributed by atoms with E-state index in [4.69, 9.17) is 0 Å². The lowest BCUT2D eigenvalue weighted by atomic mass is 9.92. The predicted octanol–water partition coefficient (Wildman–Crippen LogP) is 3.15. The Labute approximate surface area is 156 Å². The zero-order valence-corrected chi connectivity index (χ0v) is 16.0. The molecule has 1 aromatic rings. The number of nitrogens with one attached hydrogen (secondary N) is 1. The number of likely N-dealkylation sites (tertiary alicyclic amines) is 1. The van der Waals surface area contributed by atoms with Crippen molar-refractivity contribution < 1.29 is 9.59 Å². The maximum Gasteiger partial charge on any atom is 0.223 e. The van der Waals surface area contributed by atoms with Crippen molar-refractivity contribution in [1.82, 2.24) is 10.2 Å². The largest absolute Gasteiger partial charge is 0.343 e. The van der Waals surface area contributed by atoms with Crippen molar-refractivity contribution >= 4 is 24.1 Å². The molecule has 1 amide bonds. The van der Waals surface area contributed by atoms with Gasteiger partial charge in [-0.15, -0.1) is 12.4 Å². The molecule has 1 N–H and O–H groups in total. The van der Waals surface area contributed by atoms with E-state index >= 15 is 0 Å². The fraction of sp³-hybridized carbons (Fsp3) is 0.600. The molecule has 2 aliphatic rings. The molecular weight excluding hydrogens is 336 g/mol. The normalized spacial score (nSPS) is 22.7. The van der Waals surface area contributed by atoms with E-state index in [1.54, 1.807) is 0 Å². The van der Waals surface area contributed by atoms with Gasteiger partial charge in [0.1, 0.15) is 0 Å². The summed E-state index contributed by atoms with van der Waals surface area (Å²) >= 11 is 0. The summed E-state index contributed by atoms with van der Waals surface area (Å²) in [6, 6.07) is 5.93. The molecule has 3 rings (SSSR count). The van der Waals surface area contributed by atoms with Gasteiger partial charge in [-0.2, -0.15) is 0 Å². The van der Waals surface area contributed by atoms with Crippen LogP contribution >= 0.6 is 12.4 Å². The maximum absolute atomic E-state index is 12.5. The predicted molar refractivity (Wildman–Crippen MR) is 102 cm³/mol. The van der Waals surface area contributed by atoms with E-state index in [9.17, 15) is 9.59 Å². The summed E-state index contributed by atoms with van der Waals surface area (Å²) in [5.41, 5.74) is 2.84. The highest BCUT2D eigenvalue weighted by molar-refractivity contribution is 5.99. The van der Waals surface area contributed by atoms with Gasteiger partial charge in [0.15, 0.2) is 5.78 Å². The minimum atomic E-state index is 0. The molecule has 2 fully saturated rings. The van der Waals surface area contributed by atoms with Gasteiger partial charge in [0.25, 0.3) is 0 Å². The van der Waals surface area contributed by atoms with Crippen LogP contribution in [0.4, 0.5) is 0 Å². The number of amides is 1. The molecule has 0 aliphatic carbocycles. The first-order valence-electron chi connectivity index (χ1n) is 9.13. The van der Waals surface area contributed by atoms with E-state index in [1.165, 1.54) is 0 Å². The van der Waals surface area contributed by atoms with Crippen molar-refractivity contribution in [1.29, 1.82) is 0 Å². The highest BCUT2D eigenvalue weighted by Gasteiger charge is 2.31. The van der Waals surface area contributed by atoms with Crippen LogP contribution in [-0.4, -0.2) is 42.8 Å². The van der Waals surface area contributed by atoms with E-state index in [0.717, 1.165) is 67.5 Å². The Morgan fingerprint density at radius 3 is 2.36 bits per heavy atom. The van der Waals surface area contributed by atoms with Crippen LogP contribution in [0.5, 0.6) is 0 Å². The lowest BCUT2D eigenvalue weighted by Crippen LogP contribution is -2.33. The summed E-state index contributed by atoms with van der Waals surface area (Å²) in [4.78, 5) is 27.0. The molecule has 1 aromatic carbocycles. The van der Waals surface area contributed by atoms with E-state index < -0.39 is 0 Å². The molecule has 0 bridgehead atoms. The summed E-state index contributed by atoms with van der Waals surface area (Å²) < 4.78 is 0. The van der Waals surface area contributed by atoms with Crippen LogP contribution < -0.4 is 5.32 Å². The van der Waals surface area contributed by atoms with Crippen LogP contribution in [-0.2, 0) is 4.79 Å². The van der Waals surface area contributed by atoms with Crippen molar-refractivity contribution in [2.24, 2.45) is 11.8 Å². The second kappa shape index (κ2) is 8.81. The van der Waals surface area contributed by atoms with E-state index in [-0.39, 0.29) is 24.1 Å². The van der Waals surface area contributed by atoms with Crippen LogP contribution in [0.1, 0.15) is 47.2 Å². The molecule has 2 atom stereocenters. The van der Waals surface area contributed by atoms with Crippen molar-refractivity contribution in [2.75, 3.05) is 26.2 Å². The van der Waals surface area contributed by atoms with Crippen molar-refractivity contribution in [2.45, 2.75) is 39.5 Å². The van der Waals surface area contributed by atoms with Crippen LogP contribution in [0.3, 0.4) is 0 Å². The van der Waals surface area contributed by atoms with Crippen LogP contribution in [0.25, 0.3) is 0 Å². The zero-order chi connectivity index (χ0) is 17.1. The lowest BCUT2D eigenvalue weighted by molar-refractivity contribution is -0.131. The fourth-order valence-electron chi connectivity index (χ4n) is 4.02. The Kier molecular flexibility index (Phi) is 7.03. The molecule has 2 aliphatic heterocycles. The first kappa shape index (κ1) is 19.9. The Morgan fingerprint density at radius 1 is 1.08 bits per heavy atom. The molecule has 5 heteroatoms. The fourth-order valence-corrected chi connectivity index (χ4v) is 4.02. The zero-order valence-electron chi connectivity index (χ0n) is 15.2. The van der Waals surface area contributed by atoms with Crippen LogP contribution in [0.15, 0.2) is 18.2 Å². The molecule has 4 nitrogen and oxygen atoms in total. The van der Waals surface area contributed by atoms with Crippen LogP contribution in [0.2, 0.25) is 0 Å². The lowest BCUT2D eigenvalue weighted by Gasteiger charge is -2.21. The minimum absolute atomic E-state index is 0. The van der Waals surface area contributed by atoms with E-state index in [0.29, 0.717) is 12.8 Å². The number of rotatable bonds is 4. The number of halogens is 1. The second-order valence-corrected chi connectivity index (χ2v) is 7.38. The number of aryl methyl sites for hydroxylation is 2. The number of carbonyl (C=O) groups excluding carboxylic acids is 2. The molecule has 25 heavy (non-hydrogen) atoms. The molecular formula is C20H29ClN2O2. The Bertz CT molecular complexity index is 618. The first-order chi connectivity index (χ1) is 11.5. The first-order valence-corrected chi connectivity index (χ1v) is 9.13. The Hall–Kier alpha value is -1.39. The van der Waals surface area contributed by atoms with E-state index in [2.05, 4.69) is 5.32 Å². The van der Waals surface area contributed by atoms with Gasteiger partial charge < -0.3 is 10.2 Å². The second-order valence-electron chi connectivity index (χ2n) is 7.38. The number of fused-ring (bicyclic) bond motifs is 1. The van der Waals surface area contributed by atoms with Crippen molar-refractivity contribution in [3.05, 3.63) is 34.9 Å². The summed E-state index contributed by atoms with van der Waals surface area (Å²) in [5, 5.41) is 3.46. The van der Waals surface area contributed by atoms with Gasteiger partial charge in [0.05, 0.1) is 0 Å². The topological polar surface area (TPSA) is 49.4 Å². The Balaban J connectivity index is 0.00000225. The third-order valence-electron chi connectivity index (χ3n) is 5.63. The number of carbonyl (C=O) groups is 2. The molecule has 0 radical (unpaired) electrons. The Morgan fingerprint density at radius 2 is 1.72 bits per heavy atom. The molecule has 2 heterocycles. The van der Waals surface area contributed by atoms with Gasteiger partial charge in [-0.25, -0.2) is 0 Å². The number of benzene rings is 1. The average Bonchev–Trinajstić information content (AvgIpc) is 2.93. The van der Waals surface area contributed by atoms with Crippen LogP contribution in [0, 0.1) is 25.7 Å². The average molecular weight is 365 g/mol. The molecule has 0 aromatic heterocycles. The highest BCUT2D eigenvalue weighted by Crippen LogP contribution is 2.27. The number of nitrogens with zero attached hydrogens (tertiary/aromatic N) is 1. The minimum Gasteiger partial charge on any atom is -0.343 e. The van der Waals surface area contributed by atoms with Gasteiger partial charge in [-0.3, -0.25) is 9.59 Å². The summed E-state index contributed by atoms with van der Waals surface area (Å²) in [7, 11) is 0. The monoisotopic (exact) mass is 364 g/mol. The van der Waals surface area contributed by atoms with Crippen molar-refractivity contribution in [3.8, 4) is 0 Å². The van der Waals surface area contributed by atoms with Gasteiger partial charge >= 0.3 is 0 Å². The van der Waals surface area contributed by atoms with Gasteiger partial charge in [-0.05, 0) is 63.2 Å². The quantitative estimate of drug-likeness (QED) is 0.835. The van der Waals surface area contributed by atoms with Gasteiger partial charge in [0, 0.05) is 31.5 Å². The highest BCUT2D eigenvalue weighted by atomic mass is 35.5. The summed E-state index contributed by atoms with van der Waals surface area (Å²) in [5.74, 6) is 1.67. The van der Waals surface area contributed by atoms with E-state index in [1.807, 2.05) is 36.9 Å². The number of hydrogen-bond acceptors (Lipinski definition) is 3. The SMILES string of the molecule is Cc1ccc(C)c(C(=O)CCC(=O)N2CC[C@@H]3CNC[C@@H]3CC2)c1.Cl. The number of hydrogen-bond donors (Lipinski definition) is 1. The molecule has 0 unspecified atom stereocenters. The number of ketones is 1.